The van der Waals surface area contributed by atoms with Gasteiger partial charge in [0, 0.05) is 45.2 Å². The lowest BCUT2D eigenvalue weighted by Gasteiger charge is -2.28. The molecule has 0 spiro atoms. The number of hydrogen-bond donors (Lipinski definition) is 0. The van der Waals surface area contributed by atoms with Gasteiger partial charge < -0.3 is 23.8 Å². The average Bonchev–Trinajstić information content (AvgIpc) is 3.46. The van der Waals surface area contributed by atoms with E-state index in [0.29, 0.717) is 30.9 Å². The fraction of sp³-hybridized carbons (Fsp3) is 0.294. The fourth-order valence-electron chi connectivity index (χ4n) is 4.73. The Kier molecular flexibility index (Phi) is 11.6. The molecule has 7 nitrogen and oxygen atoms in total. The second-order valence-electron chi connectivity index (χ2n) is 10.3. The first kappa shape index (κ1) is 32.3. The maximum absolute atomic E-state index is 13.8. The molecule has 0 saturated carbocycles. The number of aromatic nitrogens is 1. The van der Waals surface area contributed by atoms with E-state index in [-0.39, 0.29) is 44.6 Å². The van der Waals surface area contributed by atoms with Gasteiger partial charge in [0.15, 0.2) is 6.61 Å². The third-order valence-corrected chi connectivity index (χ3v) is 7.01. The number of amides is 2. The number of alkyl halides is 3. The van der Waals surface area contributed by atoms with Crippen LogP contribution in [0.5, 0.6) is 5.75 Å². The number of methoxy groups -OCH3 is 1. The molecular weight excluding hydrogens is 571 g/mol. The molecule has 0 aliphatic rings. The summed E-state index contributed by atoms with van der Waals surface area (Å²) < 4.78 is 52.5. The molecular formula is C34H36F3N3O4. The SMILES string of the molecule is COCCCN(Cc1cccn1Cc1cccc(C(F)(F)F)c1)C(=O)CN(Cc1ccccc1)C(=O)COc1ccccc1. The van der Waals surface area contributed by atoms with Crippen molar-refractivity contribution in [1.82, 2.24) is 14.4 Å². The summed E-state index contributed by atoms with van der Waals surface area (Å²) in [7, 11) is 1.58. The smallest absolute Gasteiger partial charge is 0.416 e. The molecule has 1 aromatic heterocycles. The Labute approximate surface area is 255 Å². The second-order valence-corrected chi connectivity index (χ2v) is 10.3. The van der Waals surface area contributed by atoms with E-state index in [1.54, 1.807) is 42.5 Å². The number of carbonyl (C=O) groups excluding carboxylic acids is 2. The van der Waals surface area contributed by atoms with E-state index in [0.717, 1.165) is 23.4 Å². The minimum atomic E-state index is -4.44. The van der Waals surface area contributed by atoms with Crippen LogP contribution in [0.4, 0.5) is 13.2 Å². The lowest BCUT2D eigenvalue weighted by Crippen LogP contribution is -2.44. The predicted octanol–water partition coefficient (Wildman–Crippen LogP) is 6.03. The van der Waals surface area contributed by atoms with Gasteiger partial charge in [0.25, 0.3) is 5.91 Å². The first-order valence-corrected chi connectivity index (χ1v) is 14.3. The molecule has 0 fully saturated rings. The highest BCUT2D eigenvalue weighted by Gasteiger charge is 2.30. The van der Waals surface area contributed by atoms with Crippen LogP contribution in [0.25, 0.3) is 0 Å². The van der Waals surface area contributed by atoms with Crippen LogP contribution in [0.1, 0.15) is 28.8 Å². The Bertz CT molecular complexity index is 1480. The maximum Gasteiger partial charge on any atom is 0.416 e. The van der Waals surface area contributed by atoms with Gasteiger partial charge in [0.05, 0.1) is 12.1 Å². The van der Waals surface area contributed by atoms with Crippen molar-refractivity contribution in [3.8, 4) is 5.75 Å². The molecule has 44 heavy (non-hydrogen) atoms. The van der Waals surface area contributed by atoms with Crippen LogP contribution in [-0.4, -0.2) is 59.6 Å². The van der Waals surface area contributed by atoms with Crippen LogP contribution in [0.15, 0.2) is 103 Å². The Morgan fingerprint density at radius 1 is 0.795 bits per heavy atom. The van der Waals surface area contributed by atoms with E-state index in [1.807, 2.05) is 59.2 Å². The quantitative estimate of drug-likeness (QED) is 0.155. The standard InChI is InChI=1S/C34H36F3N3O4/c1-43-20-10-19-39(24-30-15-9-18-38(30)23-28-13-8-14-29(21-28)34(35,36)37)32(41)25-40(22-27-11-4-2-5-12-27)33(42)26-44-31-16-6-3-7-17-31/h2-9,11-18,21H,10,19-20,22-26H2,1H3. The van der Waals surface area contributed by atoms with E-state index in [4.69, 9.17) is 9.47 Å². The van der Waals surface area contributed by atoms with Gasteiger partial charge in [0.1, 0.15) is 12.3 Å². The molecule has 0 atom stereocenters. The van der Waals surface area contributed by atoms with E-state index in [1.165, 1.54) is 11.0 Å². The summed E-state index contributed by atoms with van der Waals surface area (Å²) in [4.78, 5) is 30.3. The van der Waals surface area contributed by atoms with E-state index in [2.05, 4.69) is 0 Å². The summed E-state index contributed by atoms with van der Waals surface area (Å²) in [6, 6.07) is 27.2. The topological polar surface area (TPSA) is 64.0 Å². The number of ether oxygens (including phenoxy) is 2. The van der Waals surface area contributed by atoms with Crippen molar-refractivity contribution < 1.29 is 32.2 Å². The van der Waals surface area contributed by atoms with Crippen molar-refractivity contribution >= 4 is 11.8 Å². The first-order valence-electron chi connectivity index (χ1n) is 14.3. The molecule has 0 N–H and O–H groups in total. The van der Waals surface area contributed by atoms with Gasteiger partial charge in [-0.2, -0.15) is 13.2 Å². The van der Waals surface area contributed by atoms with Crippen LogP contribution in [0.3, 0.4) is 0 Å². The van der Waals surface area contributed by atoms with Crippen LogP contribution in [0, 0.1) is 0 Å². The highest BCUT2D eigenvalue weighted by molar-refractivity contribution is 5.85. The van der Waals surface area contributed by atoms with Crippen molar-refractivity contribution in [3.63, 3.8) is 0 Å². The fourth-order valence-corrected chi connectivity index (χ4v) is 4.73. The first-order chi connectivity index (χ1) is 21.2. The molecule has 0 bridgehead atoms. The number of nitrogens with zero attached hydrogens (tertiary/aromatic N) is 3. The molecule has 0 aliphatic heterocycles. The molecule has 10 heteroatoms. The molecule has 2 amide bonds. The number of benzene rings is 3. The summed E-state index contributed by atoms with van der Waals surface area (Å²) >= 11 is 0. The molecule has 4 rings (SSSR count). The molecule has 0 unspecified atom stereocenters. The van der Waals surface area contributed by atoms with Crippen molar-refractivity contribution in [2.75, 3.05) is 33.4 Å². The highest BCUT2D eigenvalue weighted by Crippen LogP contribution is 2.29. The predicted molar refractivity (Wildman–Crippen MR) is 161 cm³/mol. The Balaban J connectivity index is 1.50. The summed E-state index contributed by atoms with van der Waals surface area (Å²) in [5.41, 5.74) is 1.41. The van der Waals surface area contributed by atoms with Gasteiger partial charge in [0.2, 0.25) is 5.91 Å². The van der Waals surface area contributed by atoms with Gasteiger partial charge >= 0.3 is 6.18 Å². The summed E-state index contributed by atoms with van der Waals surface area (Å²) in [6.07, 6.45) is -2.09. The van der Waals surface area contributed by atoms with Gasteiger partial charge in [-0.25, -0.2) is 0 Å². The normalized spacial score (nSPS) is 11.3. The minimum absolute atomic E-state index is 0.173. The highest BCUT2D eigenvalue weighted by atomic mass is 19.4. The van der Waals surface area contributed by atoms with Crippen molar-refractivity contribution in [2.45, 2.75) is 32.2 Å². The number of halogens is 3. The van der Waals surface area contributed by atoms with Gasteiger partial charge in [-0.1, -0.05) is 60.7 Å². The van der Waals surface area contributed by atoms with E-state index >= 15 is 0 Å². The van der Waals surface area contributed by atoms with Crippen molar-refractivity contribution in [1.29, 1.82) is 0 Å². The molecule has 232 valence electrons. The van der Waals surface area contributed by atoms with Crippen LogP contribution < -0.4 is 4.74 Å². The molecule has 3 aromatic carbocycles. The molecule has 0 radical (unpaired) electrons. The van der Waals surface area contributed by atoms with E-state index in [9.17, 15) is 22.8 Å². The van der Waals surface area contributed by atoms with Crippen LogP contribution in [0.2, 0.25) is 0 Å². The Morgan fingerprint density at radius 2 is 1.50 bits per heavy atom. The van der Waals surface area contributed by atoms with Crippen LogP contribution in [-0.2, 0) is 40.1 Å². The number of carbonyl (C=O) groups is 2. The van der Waals surface area contributed by atoms with Crippen LogP contribution >= 0.6 is 0 Å². The molecule has 4 aromatic rings. The summed E-state index contributed by atoms with van der Waals surface area (Å²) in [5.74, 6) is -0.0534. The zero-order valence-corrected chi connectivity index (χ0v) is 24.6. The van der Waals surface area contributed by atoms with Crippen molar-refractivity contribution in [2.24, 2.45) is 0 Å². The molecule has 0 saturated heterocycles. The summed E-state index contributed by atoms with van der Waals surface area (Å²) in [5, 5.41) is 0. The molecule has 1 heterocycles. The zero-order chi connectivity index (χ0) is 31.4. The largest absolute Gasteiger partial charge is 0.484 e. The molecule has 0 aliphatic carbocycles. The van der Waals surface area contributed by atoms with Gasteiger partial charge in [-0.05, 0) is 53.9 Å². The minimum Gasteiger partial charge on any atom is -0.484 e. The van der Waals surface area contributed by atoms with Gasteiger partial charge in [-0.3, -0.25) is 9.59 Å². The second kappa shape index (κ2) is 15.8. The number of hydrogen-bond acceptors (Lipinski definition) is 4. The zero-order valence-electron chi connectivity index (χ0n) is 24.6. The third kappa shape index (κ3) is 9.74. The Hall–Kier alpha value is -4.57. The monoisotopic (exact) mass is 607 g/mol. The van der Waals surface area contributed by atoms with Crippen molar-refractivity contribution in [3.05, 3.63) is 126 Å². The number of rotatable bonds is 15. The third-order valence-electron chi connectivity index (χ3n) is 7.01. The lowest BCUT2D eigenvalue weighted by molar-refractivity contribution is -0.142. The maximum atomic E-state index is 13.8. The summed E-state index contributed by atoms with van der Waals surface area (Å²) in [6.45, 7) is 1.05. The average molecular weight is 608 g/mol. The lowest BCUT2D eigenvalue weighted by atomic mass is 10.1. The van der Waals surface area contributed by atoms with E-state index < -0.39 is 11.7 Å². The van der Waals surface area contributed by atoms with Gasteiger partial charge in [-0.15, -0.1) is 0 Å². The number of para-hydroxylation sites is 1. The Morgan fingerprint density at radius 3 is 2.20 bits per heavy atom.